The SMILES string of the molecule is ClC1=CC=CCN1c1ccncc1. The summed E-state index contributed by atoms with van der Waals surface area (Å²) in [5, 5.41) is 0.744. The van der Waals surface area contributed by atoms with E-state index in [4.69, 9.17) is 11.6 Å². The van der Waals surface area contributed by atoms with Crippen molar-refractivity contribution in [2.24, 2.45) is 0 Å². The zero-order valence-electron chi connectivity index (χ0n) is 7.02. The molecule has 2 nitrogen and oxygen atoms in total. The van der Waals surface area contributed by atoms with Crippen LogP contribution in [0.5, 0.6) is 0 Å². The zero-order valence-corrected chi connectivity index (χ0v) is 7.78. The van der Waals surface area contributed by atoms with E-state index in [1.165, 1.54) is 0 Å². The highest BCUT2D eigenvalue weighted by molar-refractivity contribution is 6.31. The topological polar surface area (TPSA) is 16.1 Å². The lowest BCUT2D eigenvalue weighted by Gasteiger charge is -2.23. The van der Waals surface area contributed by atoms with E-state index in [0.29, 0.717) is 0 Å². The monoisotopic (exact) mass is 192 g/mol. The summed E-state index contributed by atoms with van der Waals surface area (Å²) >= 11 is 6.03. The van der Waals surface area contributed by atoms with Gasteiger partial charge in [-0.15, -0.1) is 0 Å². The molecule has 0 aliphatic carbocycles. The molecule has 2 heterocycles. The Morgan fingerprint density at radius 3 is 2.77 bits per heavy atom. The molecule has 0 radical (unpaired) electrons. The first-order valence-electron chi connectivity index (χ1n) is 4.08. The first kappa shape index (κ1) is 8.32. The van der Waals surface area contributed by atoms with E-state index in [0.717, 1.165) is 17.4 Å². The van der Waals surface area contributed by atoms with Crippen molar-refractivity contribution in [3.8, 4) is 0 Å². The number of aromatic nitrogens is 1. The van der Waals surface area contributed by atoms with Crippen molar-refractivity contribution in [2.45, 2.75) is 0 Å². The van der Waals surface area contributed by atoms with Gasteiger partial charge in [-0.05, 0) is 18.2 Å². The van der Waals surface area contributed by atoms with Gasteiger partial charge in [0.05, 0.1) is 0 Å². The lowest BCUT2D eigenvalue weighted by Crippen LogP contribution is -2.21. The van der Waals surface area contributed by atoms with E-state index in [9.17, 15) is 0 Å². The van der Waals surface area contributed by atoms with E-state index in [1.54, 1.807) is 12.4 Å². The van der Waals surface area contributed by atoms with Crippen LogP contribution in [-0.4, -0.2) is 11.5 Å². The Balaban J connectivity index is 2.28. The van der Waals surface area contributed by atoms with Crippen molar-refractivity contribution in [1.82, 2.24) is 4.98 Å². The van der Waals surface area contributed by atoms with E-state index in [1.807, 2.05) is 29.2 Å². The fourth-order valence-corrected chi connectivity index (χ4v) is 1.48. The van der Waals surface area contributed by atoms with Crippen LogP contribution in [0.15, 0.2) is 47.9 Å². The molecule has 1 aliphatic rings. The maximum Gasteiger partial charge on any atom is 0.109 e. The van der Waals surface area contributed by atoms with Gasteiger partial charge in [0.1, 0.15) is 5.16 Å². The zero-order chi connectivity index (χ0) is 9.10. The second-order valence-corrected chi connectivity index (χ2v) is 3.12. The summed E-state index contributed by atoms with van der Waals surface area (Å²) in [4.78, 5) is 5.98. The fraction of sp³-hybridized carbons (Fsp3) is 0.100. The number of anilines is 1. The average molecular weight is 193 g/mol. The van der Waals surface area contributed by atoms with E-state index in [-0.39, 0.29) is 0 Å². The van der Waals surface area contributed by atoms with Crippen LogP contribution in [0, 0.1) is 0 Å². The summed E-state index contributed by atoms with van der Waals surface area (Å²) in [6.07, 6.45) is 9.42. The molecule has 0 spiro atoms. The van der Waals surface area contributed by atoms with Crippen LogP contribution in [-0.2, 0) is 0 Å². The van der Waals surface area contributed by atoms with Crippen LogP contribution in [0.25, 0.3) is 0 Å². The summed E-state index contributed by atoms with van der Waals surface area (Å²) in [6.45, 7) is 0.819. The third kappa shape index (κ3) is 1.73. The summed E-state index contributed by atoms with van der Waals surface area (Å²) in [7, 11) is 0. The number of nitrogens with zero attached hydrogens (tertiary/aromatic N) is 2. The lowest BCUT2D eigenvalue weighted by atomic mass is 10.3. The maximum atomic E-state index is 6.03. The second kappa shape index (κ2) is 3.62. The Kier molecular flexibility index (Phi) is 2.32. The molecule has 1 aromatic heterocycles. The van der Waals surface area contributed by atoms with Gasteiger partial charge in [-0.25, -0.2) is 0 Å². The van der Waals surface area contributed by atoms with Crippen LogP contribution >= 0.6 is 11.6 Å². The van der Waals surface area contributed by atoms with Crippen molar-refractivity contribution >= 4 is 17.3 Å². The lowest BCUT2D eigenvalue weighted by molar-refractivity contribution is 1.05. The molecule has 1 aliphatic heterocycles. The van der Waals surface area contributed by atoms with Crippen molar-refractivity contribution < 1.29 is 0 Å². The Labute approximate surface area is 82.2 Å². The predicted octanol–water partition coefficient (Wildman–Crippen LogP) is 2.54. The first-order chi connectivity index (χ1) is 6.38. The van der Waals surface area contributed by atoms with Crippen LogP contribution in [0.1, 0.15) is 0 Å². The number of pyridine rings is 1. The van der Waals surface area contributed by atoms with Crippen LogP contribution in [0.4, 0.5) is 5.69 Å². The minimum atomic E-state index is 0.744. The smallest absolute Gasteiger partial charge is 0.109 e. The molecule has 2 rings (SSSR count). The number of allylic oxidation sites excluding steroid dienone is 2. The van der Waals surface area contributed by atoms with Gasteiger partial charge in [-0.2, -0.15) is 0 Å². The average Bonchev–Trinajstić information content (AvgIpc) is 2.20. The summed E-state index contributed by atoms with van der Waals surface area (Å²) < 4.78 is 0. The van der Waals surface area contributed by atoms with Gasteiger partial charge in [-0.3, -0.25) is 4.98 Å². The predicted molar refractivity (Wildman–Crippen MR) is 54.7 cm³/mol. The van der Waals surface area contributed by atoms with Gasteiger partial charge in [-0.1, -0.05) is 23.8 Å². The third-order valence-corrected chi connectivity index (χ3v) is 2.22. The summed E-state index contributed by atoms with van der Waals surface area (Å²) in [5.41, 5.74) is 1.07. The highest BCUT2D eigenvalue weighted by Crippen LogP contribution is 2.22. The number of halogens is 1. The van der Waals surface area contributed by atoms with E-state index in [2.05, 4.69) is 11.1 Å². The maximum absolute atomic E-state index is 6.03. The van der Waals surface area contributed by atoms with E-state index < -0.39 is 0 Å². The molecule has 0 fully saturated rings. The van der Waals surface area contributed by atoms with Crippen molar-refractivity contribution in [3.63, 3.8) is 0 Å². The molecule has 0 unspecified atom stereocenters. The number of rotatable bonds is 1. The summed E-state index contributed by atoms with van der Waals surface area (Å²) in [5.74, 6) is 0. The van der Waals surface area contributed by atoms with E-state index >= 15 is 0 Å². The summed E-state index contributed by atoms with van der Waals surface area (Å²) in [6, 6.07) is 3.88. The number of hydrogen-bond acceptors (Lipinski definition) is 2. The van der Waals surface area contributed by atoms with Crippen molar-refractivity contribution in [1.29, 1.82) is 0 Å². The highest BCUT2D eigenvalue weighted by atomic mass is 35.5. The van der Waals surface area contributed by atoms with Crippen LogP contribution in [0.3, 0.4) is 0 Å². The first-order valence-corrected chi connectivity index (χ1v) is 4.45. The minimum absolute atomic E-state index is 0.744. The minimum Gasteiger partial charge on any atom is -0.328 e. The van der Waals surface area contributed by atoms with Gasteiger partial charge in [0, 0.05) is 24.6 Å². The molecule has 66 valence electrons. The molecular weight excluding hydrogens is 184 g/mol. The van der Waals surface area contributed by atoms with Gasteiger partial charge >= 0.3 is 0 Å². The van der Waals surface area contributed by atoms with Gasteiger partial charge < -0.3 is 4.90 Å². The fourth-order valence-electron chi connectivity index (χ4n) is 1.24. The molecule has 1 aromatic rings. The number of hydrogen-bond donors (Lipinski definition) is 0. The molecule has 0 saturated heterocycles. The largest absolute Gasteiger partial charge is 0.328 e. The molecule has 0 bridgehead atoms. The van der Waals surface area contributed by atoms with Crippen molar-refractivity contribution in [3.05, 3.63) is 47.9 Å². The Morgan fingerprint density at radius 1 is 1.31 bits per heavy atom. The molecular formula is C10H9ClN2. The molecule has 0 atom stereocenters. The normalized spacial score (nSPS) is 15.8. The molecule has 13 heavy (non-hydrogen) atoms. The molecule has 3 heteroatoms. The molecule has 0 saturated carbocycles. The highest BCUT2D eigenvalue weighted by Gasteiger charge is 2.09. The quantitative estimate of drug-likeness (QED) is 0.636. The van der Waals surface area contributed by atoms with Crippen LogP contribution < -0.4 is 4.90 Å². The Bertz CT molecular complexity index is 343. The Morgan fingerprint density at radius 2 is 2.08 bits per heavy atom. The van der Waals surface area contributed by atoms with Gasteiger partial charge in [0.2, 0.25) is 0 Å². The van der Waals surface area contributed by atoms with Gasteiger partial charge in [0.25, 0.3) is 0 Å². The Hall–Kier alpha value is -1.28. The van der Waals surface area contributed by atoms with Gasteiger partial charge in [0.15, 0.2) is 0 Å². The third-order valence-electron chi connectivity index (χ3n) is 1.89. The molecule has 0 aromatic carbocycles. The molecule has 0 amide bonds. The van der Waals surface area contributed by atoms with Crippen molar-refractivity contribution in [2.75, 3.05) is 11.4 Å². The van der Waals surface area contributed by atoms with Crippen LogP contribution in [0.2, 0.25) is 0 Å². The standard InChI is InChI=1S/C10H9ClN2/c11-10-3-1-2-8-13(10)9-4-6-12-7-5-9/h1-7H,8H2. The second-order valence-electron chi connectivity index (χ2n) is 2.73. The molecule has 0 N–H and O–H groups in total.